The van der Waals surface area contributed by atoms with Crippen LogP contribution < -0.4 is 9.47 Å². The highest BCUT2D eigenvalue weighted by Crippen LogP contribution is 2.39. The van der Waals surface area contributed by atoms with Gasteiger partial charge in [-0.05, 0) is 53.8 Å². The molecule has 0 unspecified atom stereocenters. The molecular formula is C17H14INO3S. The van der Waals surface area contributed by atoms with Crippen molar-refractivity contribution in [3.05, 3.63) is 40.0 Å². The minimum Gasteiger partial charge on any atom is -0.490 e. The van der Waals surface area contributed by atoms with Gasteiger partial charge in [0.1, 0.15) is 5.01 Å². The minimum absolute atomic E-state index is 0.364. The Morgan fingerprint density at radius 2 is 2.09 bits per heavy atom. The zero-order valence-corrected chi connectivity index (χ0v) is 15.6. The molecule has 0 N–H and O–H groups in total. The van der Waals surface area contributed by atoms with Crippen LogP contribution in [0.3, 0.4) is 0 Å². The molecule has 1 heterocycles. The maximum Gasteiger partial charge on any atom is 0.308 e. The molecule has 0 spiro atoms. The molecule has 23 heavy (non-hydrogen) atoms. The van der Waals surface area contributed by atoms with Gasteiger partial charge < -0.3 is 9.47 Å². The number of esters is 1. The Kier molecular flexibility index (Phi) is 4.82. The molecule has 0 aliphatic carbocycles. The summed E-state index contributed by atoms with van der Waals surface area (Å²) in [4.78, 5) is 16.0. The number of benzene rings is 2. The molecule has 3 rings (SSSR count). The smallest absolute Gasteiger partial charge is 0.308 e. The number of carbonyl (C=O) groups is 1. The van der Waals surface area contributed by atoms with Gasteiger partial charge in [0, 0.05) is 12.5 Å². The molecule has 0 aliphatic heterocycles. The van der Waals surface area contributed by atoms with Crippen LogP contribution >= 0.6 is 33.9 Å². The maximum atomic E-state index is 11.3. The molecule has 0 saturated heterocycles. The van der Waals surface area contributed by atoms with Crippen molar-refractivity contribution in [3.63, 3.8) is 0 Å². The van der Waals surface area contributed by atoms with E-state index in [9.17, 15) is 4.79 Å². The quantitative estimate of drug-likeness (QED) is 0.330. The van der Waals surface area contributed by atoms with Crippen LogP contribution in [-0.2, 0) is 4.79 Å². The second kappa shape index (κ2) is 6.84. The molecule has 0 aliphatic rings. The Morgan fingerprint density at radius 3 is 2.78 bits per heavy atom. The van der Waals surface area contributed by atoms with Gasteiger partial charge in [0.05, 0.1) is 20.4 Å². The van der Waals surface area contributed by atoms with E-state index in [0.29, 0.717) is 18.1 Å². The van der Waals surface area contributed by atoms with Gasteiger partial charge in [-0.1, -0.05) is 12.1 Å². The lowest BCUT2D eigenvalue weighted by Crippen LogP contribution is -2.06. The monoisotopic (exact) mass is 439 g/mol. The van der Waals surface area contributed by atoms with E-state index < -0.39 is 0 Å². The van der Waals surface area contributed by atoms with E-state index in [4.69, 9.17) is 9.47 Å². The van der Waals surface area contributed by atoms with Crippen molar-refractivity contribution >= 4 is 50.1 Å². The predicted molar refractivity (Wildman–Crippen MR) is 100 cm³/mol. The summed E-state index contributed by atoms with van der Waals surface area (Å²) in [6.45, 7) is 3.77. The Hall–Kier alpha value is -1.67. The van der Waals surface area contributed by atoms with Crippen molar-refractivity contribution in [3.8, 4) is 22.1 Å². The van der Waals surface area contributed by atoms with Gasteiger partial charge in [0.2, 0.25) is 0 Å². The van der Waals surface area contributed by atoms with Gasteiger partial charge in [0.15, 0.2) is 11.5 Å². The fraction of sp³-hybridized carbons (Fsp3) is 0.176. The number of aromatic nitrogens is 1. The van der Waals surface area contributed by atoms with Gasteiger partial charge in [-0.15, -0.1) is 11.3 Å². The maximum absolute atomic E-state index is 11.3. The summed E-state index contributed by atoms with van der Waals surface area (Å²) in [5.41, 5.74) is 1.93. The minimum atomic E-state index is -0.364. The number of thiazole rings is 1. The summed E-state index contributed by atoms with van der Waals surface area (Å²) in [6, 6.07) is 11.9. The number of fused-ring (bicyclic) bond motifs is 1. The van der Waals surface area contributed by atoms with E-state index in [1.165, 1.54) is 6.92 Å². The molecule has 1 aromatic heterocycles. The number of carbonyl (C=O) groups excluding carboxylic acids is 1. The van der Waals surface area contributed by atoms with Crippen molar-refractivity contribution in [1.82, 2.24) is 4.98 Å². The summed E-state index contributed by atoms with van der Waals surface area (Å²) in [7, 11) is 0. The summed E-state index contributed by atoms with van der Waals surface area (Å²) >= 11 is 3.78. The third kappa shape index (κ3) is 3.48. The highest BCUT2D eigenvalue weighted by atomic mass is 127. The third-order valence-corrected chi connectivity index (χ3v) is 4.98. The molecule has 4 nitrogen and oxygen atoms in total. The van der Waals surface area contributed by atoms with Crippen molar-refractivity contribution in [2.75, 3.05) is 6.61 Å². The third-order valence-electron chi connectivity index (χ3n) is 3.10. The fourth-order valence-electron chi connectivity index (χ4n) is 2.19. The lowest BCUT2D eigenvalue weighted by Gasteiger charge is -2.12. The van der Waals surface area contributed by atoms with Gasteiger partial charge in [0.25, 0.3) is 0 Å². The lowest BCUT2D eigenvalue weighted by molar-refractivity contribution is -0.132. The van der Waals surface area contributed by atoms with E-state index in [1.807, 2.05) is 37.3 Å². The average Bonchev–Trinajstić information content (AvgIpc) is 2.94. The normalized spacial score (nSPS) is 10.7. The molecule has 0 fully saturated rings. The van der Waals surface area contributed by atoms with E-state index >= 15 is 0 Å². The molecule has 2 aromatic carbocycles. The van der Waals surface area contributed by atoms with Crippen LogP contribution in [0.15, 0.2) is 36.4 Å². The van der Waals surface area contributed by atoms with Crippen LogP contribution in [0.4, 0.5) is 0 Å². The van der Waals surface area contributed by atoms with E-state index in [1.54, 1.807) is 11.3 Å². The predicted octanol–water partition coefficient (Wildman–Crippen LogP) is 4.89. The molecule has 0 saturated carbocycles. The van der Waals surface area contributed by atoms with Gasteiger partial charge in [-0.2, -0.15) is 0 Å². The molecule has 0 bridgehead atoms. The topological polar surface area (TPSA) is 48.4 Å². The number of hydrogen-bond acceptors (Lipinski definition) is 5. The summed E-state index contributed by atoms with van der Waals surface area (Å²) < 4.78 is 12.9. The van der Waals surface area contributed by atoms with E-state index in [-0.39, 0.29) is 5.97 Å². The number of halogens is 1. The molecule has 3 aromatic rings. The molecule has 0 atom stereocenters. The second-order valence-corrected chi connectivity index (χ2v) is 6.99. The molecule has 6 heteroatoms. The zero-order chi connectivity index (χ0) is 16.4. The Bertz CT molecular complexity index is 842. The van der Waals surface area contributed by atoms with Crippen molar-refractivity contribution in [1.29, 1.82) is 0 Å². The molecule has 0 radical (unpaired) electrons. The van der Waals surface area contributed by atoms with Crippen LogP contribution in [-0.4, -0.2) is 17.6 Å². The molecule has 0 amide bonds. The lowest BCUT2D eigenvalue weighted by atomic mass is 10.2. The van der Waals surface area contributed by atoms with Crippen molar-refractivity contribution in [2.24, 2.45) is 0 Å². The van der Waals surface area contributed by atoms with Gasteiger partial charge in [-0.25, -0.2) is 4.98 Å². The first-order valence-electron chi connectivity index (χ1n) is 7.09. The number of hydrogen-bond donors (Lipinski definition) is 0. The Morgan fingerprint density at radius 1 is 1.30 bits per heavy atom. The first-order chi connectivity index (χ1) is 11.1. The zero-order valence-electron chi connectivity index (χ0n) is 12.6. The van der Waals surface area contributed by atoms with E-state index in [2.05, 4.69) is 33.6 Å². The summed E-state index contributed by atoms with van der Waals surface area (Å²) in [5, 5.41) is 0.916. The van der Waals surface area contributed by atoms with Gasteiger partial charge >= 0.3 is 5.97 Å². The number of rotatable bonds is 4. The molecule has 118 valence electrons. The standard InChI is InChI=1S/C17H14INO3S/c1-3-21-14-9-11(8-12(18)16(14)22-10(2)20)17-19-13-6-4-5-7-15(13)23-17/h4-9H,3H2,1-2H3. The highest BCUT2D eigenvalue weighted by Gasteiger charge is 2.16. The van der Waals surface area contributed by atoms with E-state index in [0.717, 1.165) is 24.4 Å². The second-order valence-electron chi connectivity index (χ2n) is 4.80. The number of ether oxygens (including phenoxy) is 2. The van der Waals surface area contributed by atoms with Crippen LogP contribution in [0.1, 0.15) is 13.8 Å². The average molecular weight is 439 g/mol. The van der Waals surface area contributed by atoms with Crippen LogP contribution in [0.2, 0.25) is 0 Å². The van der Waals surface area contributed by atoms with Crippen molar-refractivity contribution < 1.29 is 14.3 Å². The fourth-order valence-corrected chi connectivity index (χ4v) is 3.86. The number of para-hydroxylation sites is 1. The van der Waals surface area contributed by atoms with Gasteiger partial charge in [-0.3, -0.25) is 4.79 Å². The highest BCUT2D eigenvalue weighted by molar-refractivity contribution is 14.1. The van der Waals surface area contributed by atoms with Crippen LogP contribution in [0.25, 0.3) is 20.8 Å². The number of nitrogens with zero attached hydrogens (tertiary/aromatic N) is 1. The first kappa shape index (κ1) is 16.2. The largest absolute Gasteiger partial charge is 0.490 e. The summed E-state index contributed by atoms with van der Waals surface area (Å²) in [6.07, 6.45) is 0. The summed E-state index contributed by atoms with van der Waals surface area (Å²) in [5.74, 6) is 0.658. The Labute approximate surface area is 151 Å². The van der Waals surface area contributed by atoms with Crippen LogP contribution in [0.5, 0.6) is 11.5 Å². The van der Waals surface area contributed by atoms with Crippen LogP contribution in [0, 0.1) is 3.57 Å². The van der Waals surface area contributed by atoms with Crippen molar-refractivity contribution in [2.45, 2.75) is 13.8 Å². The SMILES string of the molecule is CCOc1cc(-c2nc3ccccc3s2)cc(I)c1OC(C)=O. The Balaban J connectivity index is 2.10. The molecular weight excluding hydrogens is 425 g/mol. The first-order valence-corrected chi connectivity index (χ1v) is 8.98.